The monoisotopic (exact) mass is 466 g/mol. The number of aliphatic imine (C=N–C) groups is 1. The molecule has 1 aliphatic rings. The van der Waals surface area contributed by atoms with Crippen molar-refractivity contribution in [3.8, 4) is 0 Å². The normalized spacial score (nSPS) is 19.3. The van der Waals surface area contributed by atoms with E-state index < -0.39 is 0 Å². The molecule has 0 spiro atoms. The van der Waals surface area contributed by atoms with Crippen molar-refractivity contribution in [1.29, 1.82) is 0 Å². The summed E-state index contributed by atoms with van der Waals surface area (Å²) in [4.78, 5) is 7.06. The van der Waals surface area contributed by atoms with E-state index in [-0.39, 0.29) is 5.54 Å². The van der Waals surface area contributed by atoms with Gasteiger partial charge in [-0.15, -0.1) is 0 Å². The molecule has 0 fully saturated rings. The lowest BCUT2D eigenvalue weighted by Gasteiger charge is -2.47. The van der Waals surface area contributed by atoms with Crippen LogP contribution < -0.4 is 4.90 Å². The van der Waals surface area contributed by atoms with E-state index in [4.69, 9.17) is 11.6 Å². The maximum Gasteiger partial charge on any atom is 0.0630 e. The molecule has 0 aromatic heterocycles. The van der Waals surface area contributed by atoms with Gasteiger partial charge in [0.1, 0.15) is 0 Å². The predicted octanol–water partition coefficient (Wildman–Crippen LogP) is 6.81. The molecule has 1 aliphatic heterocycles. The van der Waals surface area contributed by atoms with E-state index in [0.717, 1.165) is 29.2 Å². The highest BCUT2D eigenvalue weighted by Gasteiger charge is 2.35. The summed E-state index contributed by atoms with van der Waals surface area (Å²) in [5.41, 5.74) is 4.72. The third-order valence-corrected chi connectivity index (χ3v) is 6.05. The van der Waals surface area contributed by atoms with Crippen molar-refractivity contribution >= 4 is 51.8 Å². The molecule has 4 heteroatoms. The molecule has 25 heavy (non-hydrogen) atoms. The molecule has 0 amide bonds. The number of benzene rings is 2. The first-order valence-electron chi connectivity index (χ1n) is 8.72. The van der Waals surface area contributed by atoms with E-state index >= 15 is 0 Å². The van der Waals surface area contributed by atoms with Gasteiger partial charge in [-0.25, -0.2) is 0 Å². The fraction of sp³-hybridized carbons (Fsp3) is 0.381. The standard InChI is InChI=1S/C21H24ClIN2/c1-5-25-20-11-19(22)15(10-18(20)14(2)12-21(25,3)4)13-24-17-8-6-16(23)7-9-17/h6-11,13-14H,5,12H2,1-4H3. The van der Waals surface area contributed by atoms with Gasteiger partial charge in [0, 0.05) is 33.1 Å². The Morgan fingerprint density at radius 3 is 2.60 bits per heavy atom. The lowest BCUT2D eigenvalue weighted by atomic mass is 9.79. The van der Waals surface area contributed by atoms with E-state index in [0.29, 0.717) is 5.92 Å². The van der Waals surface area contributed by atoms with Crippen LogP contribution in [0.1, 0.15) is 51.2 Å². The summed E-state index contributed by atoms with van der Waals surface area (Å²) in [6, 6.07) is 12.5. The van der Waals surface area contributed by atoms with E-state index in [1.807, 2.05) is 18.3 Å². The van der Waals surface area contributed by atoms with Gasteiger partial charge in [-0.1, -0.05) is 18.5 Å². The minimum absolute atomic E-state index is 0.154. The van der Waals surface area contributed by atoms with Crippen molar-refractivity contribution in [2.24, 2.45) is 4.99 Å². The topological polar surface area (TPSA) is 15.6 Å². The van der Waals surface area contributed by atoms with Crippen molar-refractivity contribution in [1.82, 2.24) is 0 Å². The lowest BCUT2D eigenvalue weighted by molar-refractivity contribution is 0.381. The summed E-state index contributed by atoms with van der Waals surface area (Å²) >= 11 is 8.89. The Bertz CT molecular complexity index is 796. The van der Waals surface area contributed by atoms with Crippen LogP contribution >= 0.6 is 34.2 Å². The first kappa shape index (κ1) is 18.7. The Balaban J connectivity index is 1.99. The number of fused-ring (bicyclic) bond motifs is 1. The number of rotatable bonds is 3. The number of halogens is 2. The molecular weight excluding hydrogens is 443 g/mol. The molecule has 1 atom stereocenters. The van der Waals surface area contributed by atoms with Gasteiger partial charge in [0.15, 0.2) is 0 Å². The highest BCUT2D eigenvalue weighted by atomic mass is 127. The SMILES string of the molecule is CCN1c2cc(Cl)c(C=Nc3ccc(I)cc3)cc2C(C)CC1(C)C. The first-order chi connectivity index (χ1) is 11.8. The van der Waals surface area contributed by atoms with Gasteiger partial charge >= 0.3 is 0 Å². The summed E-state index contributed by atoms with van der Waals surface area (Å²) in [6.07, 6.45) is 3.02. The maximum absolute atomic E-state index is 6.60. The molecule has 0 N–H and O–H groups in total. The van der Waals surface area contributed by atoms with Crippen LogP contribution in [0, 0.1) is 3.57 Å². The molecule has 2 aromatic rings. The van der Waals surface area contributed by atoms with Crippen molar-refractivity contribution in [2.75, 3.05) is 11.4 Å². The van der Waals surface area contributed by atoms with Crippen LogP contribution in [0.25, 0.3) is 0 Å². The summed E-state index contributed by atoms with van der Waals surface area (Å²) in [6.45, 7) is 10.1. The predicted molar refractivity (Wildman–Crippen MR) is 118 cm³/mol. The smallest absolute Gasteiger partial charge is 0.0630 e. The maximum atomic E-state index is 6.60. The van der Waals surface area contributed by atoms with Gasteiger partial charge in [-0.3, -0.25) is 4.99 Å². The van der Waals surface area contributed by atoms with Crippen LogP contribution in [-0.4, -0.2) is 18.3 Å². The molecule has 0 saturated heterocycles. The number of hydrogen-bond donors (Lipinski definition) is 0. The molecule has 0 aliphatic carbocycles. The summed E-state index contributed by atoms with van der Waals surface area (Å²) < 4.78 is 1.21. The highest BCUT2D eigenvalue weighted by molar-refractivity contribution is 14.1. The highest BCUT2D eigenvalue weighted by Crippen LogP contribution is 2.44. The molecule has 1 heterocycles. The Hall–Kier alpha value is -1.07. The van der Waals surface area contributed by atoms with Crippen molar-refractivity contribution in [3.63, 3.8) is 0 Å². The van der Waals surface area contributed by atoms with E-state index in [1.54, 1.807) is 0 Å². The van der Waals surface area contributed by atoms with Crippen molar-refractivity contribution in [3.05, 3.63) is 56.1 Å². The fourth-order valence-corrected chi connectivity index (χ4v) is 4.46. The third-order valence-electron chi connectivity index (χ3n) is 5.00. The molecule has 2 nitrogen and oxygen atoms in total. The van der Waals surface area contributed by atoms with Crippen LogP contribution in [0.5, 0.6) is 0 Å². The molecule has 3 rings (SSSR count). The van der Waals surface area contributed by atoms with Crippen LogP contribution in [0.4, 0.5) is 11.4 Å². The van der Waals surface area contributed by atoms with E-state index in [9.17, 15) is 0 Å². The van der Waals surface area contributed by atoms with Gasteiger partial charge < -0.3 is 4.90 Å². The van der Waals surface area contributed by atoms with Crippen LogP contribution in [0.2, 0.25) is 5.02 Å². The lowest BCUT2D eigenvalue weighted by Crippen LogP contribution is -2.48. The molecule has 0 saturated carbocycles. The second kappa shape index (κ2) is 7.28. The largest absolute Gasteiger partial charge is 0.366 e. The first-order valence-corrected chi connectivity index (χ1v) is 10.2. The average molecular weight is 467 g/mol. The van der Waals surface area contributed by atoms with Gasteiger partial charge in [-0.05, 0) is 97.7 Å². The molecule has 0 radical (unpaired) electrons. The second-order valence-electron chi connectivity index (χ2n) is 7.33. The minimum Gasteiger partial charge on any atom is -0.366 e. The van der Waals surface area contributed by atoms with Gasteiger partial charge in [0.25, 0.3) is 0 Å². The number of nitrogens with zero attached hydrogens (tertiary/aromatic N) is 2. The van der Waals surface area contributed by atoms with Gasteiger partial charge in [0.05, 0.1) is 10.7 Å². The molecule has 132 valence electrons. The fourth-order valence-electron chi connectivity index (χ4n) is 3.89. The van der Waals surface area contributed by atoms with E-state index in [1.165, 1.54) is 14.8 Å². The third kappa shape index (κ3) is 3.87. The van der Waals surface area contributed by atoms with Crippen LogP contribution in [0.3, 0.4) is 0 Å². The molecule has 1 unspecified atom stereocenters. The van der Waals surface area contributed by atoms with Crippen molar-refractivity contribution < 1.29 is 0 Å². The Kier molecular flexibility index (Phi) is 5.45. The van der Waals surface area contributed by atoms with Gasteiger partial charge in [0.2, 0.25) is 0 Å². The Morgan fingerprint density at radius 1 is 1.28 bits per heavy atom. The Labute approximate surface area is 169 Å². The van der Waals surface area contributed by atoms with Gasteiger partial charge in [-0.2, -0.15) is 0 Å². The van der Waals surface area contributed by atoms with Crippen LogP contribution in [0.15, 0.2) is 41.4 Å². The summed E-state index contributed by atoms with van der Waals surface area (Å²) in [7, 11) is 0. The summed E-state index contributed by atoms with van der Waals surface area (Å²) in [5.74, 6) is 0.510. The van der Waals surface area contributed by atoms with Crippen molar-refractivity contribution in [2.45, 2.75) is 45.6 Å². The minimum atomic E-state index is 0.154. The number of hydrogen-bond acceptors (Lipinski definition) is 2. The molecule has 2 aromatic carbocycles. The molecule has 0 bridgehead atoms. The molecular formula is C21H24ClIN2. The second-order valence-corrected chi connectivity index (χ2v) is 8.98. The zero-order valence-electron chi connectivity index (χ0n) is 15.2. The van der Waals surface area contributed by atoms with E-state index in [2.05, 4.69) is 84.4 Å². The quantitative estimate of drug-likeness (QED) is 0.358. The average Bonchev–Trinajstić information content (AvgIpc) is 2.54. The zero-order chi connectivity index (χ0) is 18.2. The Morgan fingerprint density at radius 2 is 1.96 bits per heavy atom. The zero-order valence-corrected chi connectivity index (χ0v) is 18.1. The summed E-state index contributed by atoms with van der Waals surface area (Å²) in [5, 5.41) is 0.761. The number of anilines is 1. The van der Waals surface area contributed by atoms with Crippen LogP contribution in [-0.2, 0) is 0 Å².